The molecule has 18 heteroatoms. The van der Waals surface area contributed by atoms with E-state index in [1.807, 2.05) is 42.7 Å². The van der Waals surface area contributed by atoms with Crippen LogP contribution in [0.1, 0.15) is 70.0 Å². The maximum atomic E-state index is 11.6. The fourth-order valence-corrected chi connectivity index (χ4v) is 10.5. The standard InChI is InChI=1S/C25H29N5O3SSi.C25H31N5OSSi/c1-29-10-6-19(7-11-29)25-28-16-23(34-25)20-14-22(24(27-15-20)30(31)32)33-17-18-5-9-26-21(13-18)8-12-35(2,3)4;1-30-10-6-19(7-11-30)25-29-16-23(32-25)20-14-22(24(26)28-15-20)31-17-18-5-9-27-21(13-18)8-12-33(2,3)4/h5,9,13-16,19H,6-7,10-11,17H2,1-4H3;5,9,13-16,19H,6-7,10-11,17H2,1-4H3,(H2,26,28). The molecule has 0 radical (unpaired) electrons. The lowest BCUT2D eigenvalue weighted by Crippen LogP contribution is -2.29. The molecule has 0 bridgehead atoms. The third-order valence-corrected chi connectivity index (χ3v) is 15.4. The third kappa shape index (κ3) is 14.6. The predicted octanol–water partition coefficient (Wildman–Crippen LogP) is 9.92. The average molecular weight is 985 g/mol. The van der Waals surface area contributed by atoms with Crippen molar-refractivity contribution in [3.05, 3.63) is 116 Å². The van der Waals surface area contributed by atoms with Crippen LogP contribution in [0.5, 0.6) is 11.5 Å². The minimum atomic E-state index is -1.52. The Kier molecular flexibility index (Phi) is 16.5. The number of hydrogen-bond donors (Lipinski definition) is 1. The van der Waals surface area contributed by atoms with Gasteiger partial charge in [-0.15, -0.1) is 33.8 Å². The first-order valence-electron chi connectivity index (χ1n) is 22.9. The van der Waals surface area contributed by atoms with E-state index >= 15 is 0 Å². The van der Waals surface area contributed by atoms with Crippen molar-refractivity contribution in [2.45, 2.75) is 90.0 Å². The largest absolute Gasteiger partial charge is 0.485 e. The van der Waals surface area contributed by atoms with E-state index in [1.54, 1.807) is 47.3 Å². The number of nitrogens with two attached hydrogens (primary N) is 1. The van der Waals surface area contributed by atoms with E-state index in [1.165, 1.54) is 11.2 Å². The monoisotopic (exact) mass is 984 g/mol. The highest BCUT2D eigenvalue weighted by Crippen LogP contribution is 2.38. The summed E-state index contributed by atoms with van der Waals surface area (Å²) in [5.74, 6) is 8.11. The van der Waals surface area contributed by atoms with Gasteiger partial charge in [-0.2, -0.15) is 0 Å². The zero-order chi connectivity index (χ0) is 48.4. The Morgan fingerprint density at radius 2 is 1.10 bits per heavy atom. The van der Waals surface area contributed by atoms with Crippen molar-refractivity contribution in [3.63, 3.8) is 0 Å². The van der Waals surface area contributed by atoms with Gasteiger partial charge in [-0.1, -0.05) is 51.1 Å². The molecule has 0 amide bonds. The molecule has 0 atom stereocenters. The van der Waals surface area contributed by atoms with Gasteiger partial charge in [0.15, 0.2) is 11.6 Å². The summed E-state index contributed by atoms with van der Waals surface area (Å²) in [6, 6.07) is 11.2. The molecule has 2 saturated heterocycles. The Balaban J connectivity index is 0.000000202. The third-order valence-electron chi connectivity index (χ3n) is 11.2. The van der Waals surface area contributed by atoms with Gasteiger partial charge >= 0.3 is 5.82 Å². The smallest absolute Gasteiger partial charge is 0.406 e. The second-order valence-corrected chi connectivity index (χ2v) is 31.0. The molecular weight excluding hydrogens is 925 g/mol. The zero-order valence-corrected chi connectivity index (χ0v) is 43.8. The van der Waals surface area contributed by atoms with Crippen LogP contribution >= 0.6 is 22.7 Å². The van der Waals surface area contributed by atoms with Crippen molar-refractivity contribution in [2.75, 3.05) is 46.0 Å². The molecule has 2 aliphatic rings. The SMILES string of the molecule is CN1CCC(c2ncc(-c3cnc(N)c(OCc4ccnc(C#C[Si](C)(C)C)c4)c3)s2)CC1.CN1CCC(c2ncc(-c3cnc([N+](=O)[O-])c(OCc4ccnc(C#C[Si](C)(C)C)c4)c3)s2)CC1. The number of aromatic nitrogens is 6. The minimum Gasteiger partial charge on any atom is -0.485 e. The molecule has 6 aromatic heterocycles. The summed E-state index contributed by atoms with van der Waals surface area (Å²) in [7, 11) is 1.35. The van der Waals surface area contributed by atoms with Crippen LogP contribution in [0.3, 0.4) is 0 Å². The van der Waals surface area contributed by atoms with Gasteiger partial charge in [-0.25, -0.2) is 24.9 Å². The molecule has 6 aromatic rings. The van der Waals surface area contributed by atoms with Gasteiger partial charge in [0.2, 0.25) is 5.75 Å². The van der Waals surface area contributed by atoms with Gasteiger partial charge in [0.1, 0.15) is 46.9 Å². The number of nitrogen functional groups attached to an aromatic ring is 1. The van der Waals surface area contributed by atoms with Crippen LogP contribution in [0, 0.1) is 33.0 Å². The Morgan fingerprint density at radius 3 is 1.56 bits per heavy atom. The summed E-state index contributed by atoms with van der Waals surface area (Å²) >= 11 is 3.37. The van der Waals surface area contributed by atoms with Crippen LogP contribution in [-0.2, 0) is 13.2 Å². The molecular formula is C50H60N10O4S2Si2. The highest BCUT2D eigenvalue weighted by Gasteiger charge is 2.25. The number of rotatable bonds is 11. The fraction of sp³-hybridized carbons (Fsp3) is 0.400. The quantitative estimate of drug-likeness (QED) is 0.0563. The van der Waals surface area contributed by atoms with E-state index in [4.69, 9.17) is 20.2 Å². The van der Waals surface area contributed by atoms with E-state index in [-0.39, 0.29) is 18.2 Å². The number of nitro groups is 1. The number of anilines is 1. The van der Waals surface area contributed by atoms with Crippen molar-refractivity contribution in [3.8, 4) is 55.3 Å². The van der Waals surface area contributed by atoms with Crippen molar-refractivity contribution < 1.29 is 14.4 Å². The van der Waals surface area contributed by atoms with Crippen molar-refractivity contribution in [1.29, 1.82) is 0 Å². The number of ether oxygens (including phenoxy) is 2. The Bertz CT molecular complexity index is 2820. The topological polar surface area (TPSA) is 171 Å². The molecule has 2 N–H and O–H groups in total. The zero-order valence-electron chi connectivity index (χ0n) is 40.2. The number of pyridine rings is 4. The Hall–Kier alpha value is -5.87. The molecule has 0 spiro atoms. The second-order valence-electron chi connectivity index (χ2n) is 19.4. The predicted molar refractivity (Wildman–Crippen MR) is 278 cm³/mol. The summed E-state index contributed by atoms with van der Waals surface area (Å²) in [4.78, 5) is 44.3. The first-order valence-corrected chi connectivity index (χ1v) is 31.5. The van der Waals surface area contributed by atoms with Crippen LogP contribution in [0.25, 0.3) is 20.9 Å². The summed E-state index contributed by atoms with van der Waals surface area (Å²) < 4.78 is 11.9. The van der Waals surface area contributed by atoms with Gasteiger partial charge in [0, 0.05) is 60.0 Å². The molecule has 8 rings (SSSR count). The van der Waals surface area contributed by atoms with E-state index in [9.17, 15) is 10.1 Å². The molecule has 2 aliphatic heterocycles. The van der Waals surface area contributed by atoms with Gasteiger partial charge in [0.25, 0.3) is 0 Å². The van der Waals surface area contributed by atoms with Gasteiger partial charge in [0.05, 0.1) is 19.8 Å². The lowest BCUT2D eigenvalue weighted by Gasteiger charge is -2.27. The lowest BCUT2D eigenvalue weighted by molar-refractivity contribution is -0.390. The van der Waals surface area contributed by atoms with Gasteiger partial charge in [-0.05, 0) is 117 Å². The summed E-state index contributed by atoms with van der Waals surface area (Å²) in [6.45, 7) is 18.1. The first-order chi connectivity index (χ1) is 32.4. The summed E-state index contributed by atoms with van der Waals surface area (Å²) in [5.41, 5.74) is 17.8. The minimum absolute atomic E-state index is 0.133. The maximum absolute atomic E-state index is 11.6. The number of nitrogens with zero attached hydrogens (tertiary/aromatic N) is 9. The molecule has 68 heavy (non-hydrogen) atoms. The van der Waals surface area contributed by atoms with Gasteiger partial charge < -0.3 is 35.1 Å². The molecule has 0 unspecified atom stereocenters. The lowest BCUT2D eigenvalue weighted by atomic mass is 9.98. The molecule has 354 valence electrons. The van der Waals surface area contributed by atoms with E-state index in [0.717, 1.165) is 94.6 Å². The fourth-order valence-electron chi connectivity index (χ4n) is 7.34. The summed E-state index contributed by atoms with van der Waals surface area (Å²) in [5, 5.41) is 13.9. The molecule has 0 saturated carbocycles. The van der Waals surface area contributed by atoms with Crippen LogP contribution in [-0.4, -0.2) is 101 Å². The van der Waals surface area contributed by atoms with Crippen LogP contribution in [0.4, 0.5) is 11.6 Å². The molecule has 8 heterocycles. The van der Waals surface area contributed by atoms with Crippen LogP contribution < -0.4 is 15.2 Å². The van der Waals surface area contributed by atoms with E-state index < -0.39 is 21.1 Å². The maximum Gasteiger partial charge on any atom is 0.406 e. The number of piperidine rings is 2. The first kappa shape index (κ1) is 50.0. The van der Waals surface area contributed by atoms with Gasteiger partial charge in [-0.3, -0.25) is 0 Å². The van der Waals surface area contributed by atoms with Crippen molar-refractivity contribution >= 4 is 50.5 Å². The number of thiazole rings is 2. The normalized spacial score (nSPS) is 15.0. The van der Waals surface area contributed by atoms with E-state index in [2.05, 4.69) is 111 Å². The number of hydrogen-bond acceptors (Lipinski definition) is 15. The van der Waals surface area contributed by atoms with E-state index in [0.29, 0.717) is 35.7 Å². The molecule has 0 aromatic carbocycles. The van der Waals surface area contributed by atoms with Crippen molar-refractivity contribution in [1.82, 2.24) is 39.7 Å². The highest BCUT2D eigenvalue weighted by atomic mass is 32.1. The van der Waals surface area contributed by atoms with Crippen molar-refractivity contribution in [2.24, 2.45) is 0 Å². The number of likely N-dealkylation sites (tertiary alicyclic amines) is 2. The Labute approximate surface area is 410 Å². The molecule has 2 fully saturated rings. The molecule has 0 aliphatic carbocycles. The highest BCUT2D eigenvalue weighted by molar-refractivity contribution is 7.15. The van der Waals surface area contributed by atoms with Crippen LogP contribution in [0.2, 0.25) is 39.3 Å². The second kappa shape index (κ2) is 22.5. The Morgan fingerprint density at radius 1 is 0.662 bits per heavy atom. The molecule has 14 nitrogen and oxygen atoms in total. The summed E-state index contributed by atoms with van der Waals surface area (Å²) in [6.07, 6.45) is 15.0. The average Bonchev–Trinajstić information content (AvgIpc) is 4.02. The van der Waals surface area contributed by atoms with Crippen LogP contribution in [0.15, 0.2) is 73.6 Å².